The van der Waals surface area contributed by atoms with Crippen LogP contribution in [0.2, 0.25) is 0 Å². The molecule has 0 bridgehead atoms. The molecule has 0 atom stereocenters. The molecular weight excluding hydrogens is 249 g/mol. The molecule has 18 heavy (non-hydrogen) atoms. The van der Waals surface area contributed by atoms with Crippen LogP contribution in [0.4, 0.5) is 13.2 Å². The summed E-state index contributed by atoms with van der Waals surface area (Å²) in [6, 6.07) is 0. The quantitative estimate of drug-likeness (QED) is 0.776. The molecule has 0 saturated heterocycles. The number of aromatic nitrogens is 2. The molecule has 0 aromatic carbocycles. The molecule has 0 saturated carbocycles. The Hall–Kier alpha value is -1.92. The van der Waals surface area contributed by atoms with Gasteiger partial charge in [0.15, 0.2) is 6.29 Å². The maximum absolute atomic E-state index is 13.0. The number of carbonyl (C=O) groups is 1. The van der Waals surface area contributed by atoms with E-state index < -0.39 is 23.2 Å². The number of rotatable bonds is 2. The minimum Gasteiger partial charge on any atom is -0.441 e. The van der Waals surface area contributed by atoms with Gasteiger partial charge in [0, 0.05) is 5.92 Å². The lowest BCUT2D eigenvalue weighted by Gasteiger charge is -2.08. The number of halogens is 3. The smallest absolute Gasteiger partial charge is 0.421 e. The monoisotopic (exact) mass is 258 g/mol. The lowest BCUT2D eigenvalue weighted by molar-refractivity contribution is -0.137. The Balaban J connectivity index is 2.83. The standard InChI is InChI=1S/C11H9F3N2O2/c1-5(2)9-7(11(12,13)14)8-10(18-9)15-3-6(4-17)16-8/h3-5H,1-2H3. The van der Waals surface area contributed by atoms with Crippen LogP contribution in [-0.4, -0.2) is 16.3 Å². The molecule has 0 unspecified atom stereocenters. The van der Waals surface area contributed by atoms with Crippen LogP contribution in [-0.2, 0) is 6.18 Å². The first-order valence-electron chi connectivity index (χ1n) is 5.16. The van der Waals surface area contributed by atoms with E-state index in [-0.39, 0.29) is 17.2 Å². The predicted molar refractivity (Wildman–Crippen MR) is 56.3 cm³/mol. The van der Waals surface area contributed by atoms with E-state index in [1.165, 1.54) is 0 Å². The third kappa shape index (κ3) is 1.96. The van der Waals surface area contributed by atoms with Crippen molar-refractivity contribution in [2.45, 2.75) is 25.9 Å². The molecule has 0 aliphatic carbocycles. The first-order chi connectivity index (χ1) is 8.34. The van der Waals surface area contributed by atoms with Gasteiger partial charge in [0.05, 0.1) is 6.20 Å². The highest BCUT2D eigenvalue weighted by molar-refractivity contribution is 5.80. The molecule has 2 rings (SSSR count). The van der Waals surface area contributed by atoms with Crippen molar-refractivity contribution < 1.29 is 22.4 Å². The molecule has 7 heteroatoms. The molecule has 0 radical (unpaired) electrons. The van der Waals surface area contributed by atoms with Crippen molar-refractivity contribution in [3.63, 3.8) is 0 Å². The minimum absolute atomic E-state index is 0.163. The Labute approximate surface area is 99.8 Å². The summed E-state index contributed by atoms with van der Waals surface area (Å²) in [6.07, 6.45) is -3.18. The van der Waals surface area contributed by atoms with E-state index in [0.717, 1.165) is 6.20 Å². The molecule has 0 amide bonds. The Kier molecular flexibility index (Phi) is 2.84. The SMILES string of the molecule is CC(C)c1oc2ncc(C=O)nc2c1C(F)(F)F. The number of hydrogen-bond donors (Lipinski definition) is 0. The summed E-state index contributed by atoms with van der Waals surface area (Å²) in [5.74, 6) is -0.683. The van der Waals surface area contributed by atoms with Crippen molar-refractivity contribution in [3.8, 4) is 0 Å². The van der Waals surface area contributed by atoms with Crippen molar-refractivity contribution in [2.24, 2.45) is 0 Å². The lowest BCUT2D eigenvalue weighted by atomic mass is 10.1. The van der Waals surface area contributed by atoms with Gasteiger partial charge >= 0.3 is 6.18 Å². The molecule has 0 aliphatic heterocycles. The van der Waals surface area contributed by atoms with Crippen LogP contribution in [0.25, 0.3) is 11.2 Å². The molecule has 0 N–H and O–H groups in total. The van der Waals surface area contributed by atoms with Crippen LogP contribution < -0.4 is 0 Å². The van der Waals surface area contributed by atoms with Gasteiger partial charge in [0.25, 0.3) is 0 Å². The van der Waals surface area contributed by atoms with Gasteiger partial charge < -0.3 is 4.42 Å². The van der Waals surface area contributed by atoms with Gasteiger partial charge in [-0.3, -0.25) is 4.79 Å². The number of fused-ring (bicyclic) bond motifs is 1. The molecule has 2 aromatic heterocycles. The summed E-state index contributed by atoms with van der Waals surface area (Å²) in [6.45, 7) is 3.15. The van der Waals surface area contributed by atoms with E-state index in [2.05, 4.69) is 9.97 Å². The van der Waals surface area contributed by atoms with E-state index in [9.17, 15) is 18.0 Å². The fourth-order valence-electron chi connectivity index (χ4n) is 1.64. The number of alkyl halides is 3. The van der Waals surface area contributed by atoms with Gasteiger partial charge in [-0.1, -0.05) is 13.8 Å². The zero-order chi connectivity index (χ0) is 13.5. The van der Waals surface area contributed by atoms with Crippen LogP contribution >= 0.6 is 0 Å². The molecule has 96 valence electrons. The van der Waals surface area contributed by atoms with Crippen LogP contribution in [0.5, 0.6) is 0 Å². The fraction of sp³-hybridized carbons (Fsp3) is 0.364. The highest BCUT2D eigenvalue weighted by Gasteiger charge is 2.40. The number of nitrogens with zero attached hydrogens (tertiary/aromatic N) is 2. The van der Waals surface area contributed by atoms with Gasteiger partial charge in [-0.2, -0.15) is 13.2 Å². The number of aldehydes is 1. The zero-order valence-corrected chi connectivity index (χ0v) is 9.58. The highest BCUT2D eigenvalue weighted by atomic mass is 19.4. The minimum atomic E-state index is -4.60. The van der Waals surface area contributed by atoms with Gasteiger partial charge in [0.1, 0.15) is 22.5 Å². The third-order valence-electron chi connectivity index (χ3n) is 2.38. The van der Waals surface area contributed by atoms with Gasteiger partial charge in [-0.25, -0.2) is 9.97 Å². The summed E-state index contributed by atoms with van der Waals surface area (Å²) in [7, 11) is 0. The summed E-state index contributed by atoms with van der Waals surface area (Å²) in [5.41, 5.74) is -1.75. The predicted octanol–water partition coefficient (Wildman–Crippen LogP) is 3.18. The molecular formula is C11H9F3N2O2. The Morgan fingerprint density at radius 1 is 1.39 bits per heavy atom. The molecule has 2 aromatic rings. The van der Waals surface area contributed by atoms with Crippen molar-refractivity contribution in [1.29, 1.82) is 0 Å². The summed E-state index contributed by atoms with van der Waals surface area (Å²) < 4.78 is 44.1. The second-order valence-corrected chi connectivity index (χ2v) is 4.06. The molecule has 0 spiro atoms. The largest absolute Gasteiger partial charge is 0.441 e. The van der Waals surface area contributed by atoms with E-state index >= 15 is 0 Å². The molecule has 0 fully saturated rings. The van der Waals surface area contributed by atoms with Crippen molar-refractivity contribution in [3.05, 3.63) is 23.2 Å². The molecule has 0 aliphatic rings. The first-order valence-corrected chi connectivity index (χ1v) is 5.16. The average molecular weight is 258 g/mol. The second-order valence-electron chi connectivity index (χ2n) is 4.06. The third-order valence-corrected chi connectivity index (χ3v) is 2.38. The summed E-state index contributed by atoms with van der Waals surface area (Å²) in [4.78, 5) is 17.8. The average Bonchev–Trinajstić information content (AvgIpc) is 2.66. The van der Waals surface area contributed by atoms with E-state index in [0.29, 0.717) is 6.29 Å². The van der Waals surface area contributed by atoms with Gasteiger partial charge in [-0.15, -0.1) is 0 Å². The van der Waals surface area contributed by atoms with Crippen LogP contribution in [0.15, 0.2) is 10.6 Å². The lowest BCUT2D eigenvalue weighted by Crippen LogP contribution is -2.09. The highest BCUT2D eigenvalue weighted by Crippen LogP contribution is 2.40. The summed E-state index contributed by atoms with van der Waals surface area (Å²) >= 11 is 0. The number of hydrogen-bond acceptors (Lipinski definition) is 4. The van der Waals surface area contributed by atoms with E-state index in [1.54, 1.807) is 13.8 Å². The second kappa shape index (κ2) is 4.08. The van der Waals surface area contributed by atoms with Crippen molar-refractivity contribution in [2.75, 3.05) is 0 Å². The number of furan rings is 1. The van der Waals surface area contributed by atoms with E-state index in [4.69, 9.17) is 4.42 Å². The Bertz CT molecular complexity index is 602. The first kappa shape index (κ1) is 12.5. The topological polar surface area (TPSA) is 56.0 Å². The zero-order valence-electron chi connectivity index (χ0n) is 9.58. The van der Waals surface area contributed by atoms with Gasteiger partial charge in [-0.05, 0) is 0 Å². The molecule has 4 nitrogen and oxygen atoms in total. The van der Waals surface area contributed by atoms with Crippen molar-refractivity contribution in [1.82, 2.24) is 9.97 Å². The van der Waals surface area contributed by atoms with E-state index in [1.807, 2.05) is 0 Å². The Morgan fingerprint density at radius 2 is 2.06 bits per heavy atom. The van der Waals surface area contributed by atoms with Crippen LogP contribution in [0.1, 0.15) is 41.6 Å². The van der Waals surface area contributed by atoms with Crippen LogP contribution in [0, 0.1) is 0 Å². The maximum atomic E-state index is 13.0. The maximum Gasteiger partial charge on any atom is 0.421 e. The summed E-state index contributed by atoms with van der Waals surface area (Å²) in [5, 5.41) is 0. The fourth-order valence-corrected chi connectivity index (χ4v) is 1.64. The molecule has 2 heterocycles. The normalized spacial score (nSPS) is 12.3. The Morgan fingerprint density at radius 3 is 2.56 bits per heavy atom. The van der Waals surface area contributed by atoms with Crippen LogP contribution in [0.3, 0.4) is 0 Å². The van der Waals surface area contributed by atoms with Crippen molar-refractivity contribution >= 4 is 17.5 Å². The number of carbonyl (C=O) groups excluding carboxylic acids is 1. The van der Waals surface area contributed by atoms with Gasteiger partial charge in [0.2, 0.25) is 5.71 Å².